The molecule has 2 atom stereocenters. The van der Waals surface area contributed by atoms with Crippen LogP contribution in [0.1, 0.15) is 48.8 Å². The van der Waals surface area contributed by atoms with Crippen molar-refractivity contribution in [3.8, 4) is 0 Å². The molecule has 2 heterocycles. The number of amides is 1. The maximum absolute atomic E-state index is 13.0. The summed E-state index contributed by atoms with van der Waals surface area (Å²) >= 11 is 3.40. The van der Waals surface area contributed by atoms with Gasteiger partial charge in [0.1, 0.15) is 6.04 Å². The number of esters is 1. The molecule has 1 saturated heterocycles. The molecule has 3 rings (SSSR count). The van der Waals surface area contributed by atoms with E-state index in [0.717, 1.165) is 14.3 Å². The van der Waals surface area contributed by atoms with Crippen LogP contribution in [0.2, 0.25) is 0 Å². The lowest BCUT2D eigenvalue weighted by Gasteiger charge is -2.24. The number of hydrogen-bond acceptors (Lipinski definition) is 6. The third kappa shape index (κ3) is 4.76. The van der Waals surface area contributed by atoms with E-state index in [9.17, 15) is 18.0 Å². The second kappa shape index (κ2) is 9.32. The Kier molecular flexibility index (Phi) is 6.99. The summed E-state index contributed by atoms with van der Waals surface area (Å²) in [6, 6.07) is 8.86. The van der Waals surface area contributed by atoms with Crippen molar-refractivity contribution in [2.75, 3.05) is 13.2 Å². The van der Waals surface area contributed by atoms with Gasteiger partial charge in [-0.05, 0) is 56.5 Å². The summed E-state index contributed by atoms with van der Waals surface area (Å²) in [5.74, 6) is -1.31. The number of rotatable bonds is 7. The lowest BCUT2D eigenvalue weighted by molar-refractivity contribution is -0.124. The zero-order valence-electron chi connectivity index (χ0n) is 16.6. The van der Waals surface area contributed by atoms with Gasteiger partial charge in [0.2, 0.25) is 16.8 Å². The Hall–Kier alpha value is -2.17. The Morgan fingerprint density at radius 1 is 1.33 bits per heavy atom. The lowest BCUT2D eigenvalue weighted by atomic mass is 10.1. The highest BCUT2D eigenvalue weighted by atomic mass is 79.9. The van der Waals surface area contributed by atoms with Crippen LogP contribution in [-0.2, 0) is 19.6 Å². The van der Waals surface area contributed by atoms with E-state index in [4.69, 9.17) is 9.15 Å². The van der Waals surface area contributed by atoms with Gasteiger partial charge in [0.05, 0.1) is 12.6 Å². The molecule has 1 aromatic carbocycles. The molecule has 0 aliphatic carbocycles. The van der Waals surface area contributed by atoms with Crippen LogP contribution in [0.15, 0.2) is 50.4 Å². The van der Waals surface area contributed by atoms with Crippen molar-refractivity contribution >= 4 is 37.8 Å². The van der Waals surface area contributed by atoms with E-state index in [1.54, 1.807) is 6.92 Å². The number of carbonyl (C=O) groups excluding carboxylic acids is 2. The summed E-state index contributed by atoms with van der Waals surface area (Å²) in [7, 11) is -4.08. The van der Waals surface area contributed by atoms with Gasteiger partial charge in [0.25, 0.3) is 10.0 Å². The molecule has 1 amide bonds. The lowest BCUT2D eigenvalue weighted by Crippen LogP contribution is -2.46. The molecule has 30 heavy (non-hydrogen) atoms. The topological polar surface area (TPSA) is 106 Å². The molecule has 8 nitrogen and oxygen atoms in total. The minimum absolute atomic E-state index is 0.145. The van der Waals surface area contributed by atoms with Crippen molar-refractivity contribution in [3.05, 3.63) is 52.2 Å². The van der Waals surface area contributed by atoms with E-state index in [0.29, 0.717) is 12.8 Å². The van der Waals surface area contributed by atoms with Crippen molar-refractivity contribution < 1.29 is 27.2 Å². The standard InChI is InChI=1S/C20H23BrN2O6S/c1-3-28-20(25)17-9-10-18(29-17)30(26,27)23-11-5-8-16(23)19(24)22-13(2)14-6-4-7-15(21)12-14/h4,6-7,9-10,12-13,16H,3,5,8,11H2,1-2H3,(H,22,24). The van der Waals surface area contributed by atoms with Crippen LogP contribution in [0.5, 0.6) is 0 Å². The summed E-state index contributed by atoms with van der Waals surface area (Å²) < 4.78 is 38.1. The molecular weight excluding hydrogens is 476 g/mol. The summed E-state index contributed by atoms with van der Waals surface area (Å²) in [5.41, 5.74) is 0.898. The zero-order chi connectivity index (χ0) is 21.9. The molecule has 1 aromatic heterocycles. The highest BCUT2D eigenvalue weighted by Gasteiger charge is 2.41. The third-order valence-corrected chi connectivity index (χ3v) is 7.11. The van der Waals surface area contributed by atoms with Crippen LogP contribution < -0.4 is 5.32 Å². The van der Waals surface area contributed by atoms with Crippen molar-refractivity contribution in [1.82, 2.24) is 9.62 Å². The molecule has 0 spiro atoms. The number of halogens is 1. The molecule has 1 aliphatic rings. The van der Waals surface area contributed by atoms with Crippen LogP contribution in [0.4, 0.5) is 0 Å². The Balaban J connectivity index is 1.75. The fourth-order valence-electron chi connectivity index (χ4n) is 3.34. The van der Waals surface area contributed by atoms with Gasteiger partial charge in [-0.3, -0.25) is 4.79 Å². The molecule has 10 heteroatoms. The van der Waals surface area contributed by atoms with E-state index in [2.05, 4.69) is 21.2 Å². The molecule has 2 unspecified atom stereocenters. The van der Waals surface area contributed by atoms with Crippen LogP contribution >= 0.6 is 15.9 Å². The number of ether oxygens (including phenoxy) is 1. The van der Waals surface area contributed by atoms with Gasteiger partial charge in [-0.15, -0.1) is 0 Å². The number of sulfonamides is 1. The normalized spacial score (nSPS) is 18.2. The van der Waals surface area contributed by atoms with Crippen LogP contribution in [0, 0.1) is 0 Å². The Bertz CT molecular complexity index is 1040. The van der Waals surface area contributed by atoms with Gasteiger partial charge >= 0.3 is 5.97 Å². The molecule has 1 N–H and O–H groups in total. The fourth-order valence-corrected chi connectivity index (χ4v) is 5.33. The first kappa shape index (κ1) is 22.5. The third-order valence-electron chi connectivity index (χ3n) is 4.83. The largest absolute Gasteiger partial charge is 0.460 e. The van der Waals surface area contributed by atoms with Gasteiger partial charge in [-0.2, -0.15) is 4.31 Å². The number of furan rings is 1. The minimum atomic E-state index is -4.08. The molecule has 0 saturated carbocycles. The van der Waals surface area contributed by atoms with Crippen LogP contribution in [0.3, 0.4) is 0 Å². The molecule has 0 radical (unpaired) electrons. The van der Waals surface area contributed by atoms with E-state index in [-0.39, 0.29) is 36.0 Å². The second-order valence-electron chi connectivity index (χ2n) is 6.90. The number of nitrogens with one attached hydrogen (secondary N) is 1. The molecule has 1 fully saturated rings. The molecule has 1 aliphatic heterocycles. The van der Waals surface area contributed by atoms with E-state index in [1.807, 2.05) is 31.2 Å². The summed E-state index contributed by atoms with van der Waals surface area (Å²) in [6.45, 7) is 3.82. The van der Waals surface area contributed by atoms with Crippen LogP contribution in [-0.4, -0.2) is 43.8 Å². The molecule has 0 bridgehead atoms. The smallest absolute Gasteiger partial charge is 0.374 e. The van der Waals surface area contributed by atoms with Crippen LogP contribution in [0.25, 0.3) is 0 Å². The van der Waals surface area contributed by atoms with Crippen molar-refractivity contribution in [1.29, 1.82) is 0 Å². The highest BCUT2D eigenvalue weighted by molar-refractivity contribution is 9.10. The monoisotopic (exact) mass is 498 g/mol. The second-order valence-corrected chi connectivity index (χ2v) is 9.64. The Morgan fingerprint density at radius 2 is 2.10 bits per heavy atom. The Morgan fingerprint density at radius 3 is 2.80 bits per heavy atom. The SMILES string of the molecule is CCOC(=O)c1ccc(S(=O)(=O)N2CCCC2C(=O)NC(C)c2cccc(Br)c2)o1. The van der Waals surface area contributed by atoms with Crippen molar-refractivity contribution in [3.63, 3.8) is 0 Å². The molecule has 2 aromatic rings. The first-order valence-corrected chi connectivity index (χ1v) is 11.8. The van der Waals surface area contributed by atoms with E-state index < -0.39 is 22.0 Å². The summed E-state index contributed by atoms with van der Waals surface area (Å²) in [4.78, 5) is 24.6. The molecular formula is C20H23BrN2O6S. The molecule has 162 valence electrons. The van der Waals surface area contributed by atoms with E-state index >= 15 is 0 Å². The average Bonchev–Trinajstić information content (AvgIpc) is 3.38. The van der Waals surface area contributed by atoms with Gasteiger partial charge in [-0.1, -0.05) is 28.1 Å². The fraction of sp³-hybridized carbons (Fsp3) is 0.400. The predicted molar refractivity (Wildman–Crippen MR) is 112 cm³/mol. The maximum atomic E-state index is 13.0. The highest BCUT2D eigenvalue weighted by Crippen LogP contribution is 2.28. The maximum Gasteiger partial charge on any atom is 0.374 e. The number of nitrogens with zero attached hydrogens (tertiary/aromatic N) is 1. The zero-order valence-corrected chi connectivity index (χ0v) is 19.0. The van der Waals surface area contributed by atoms with Gasteiger partial charge in [0, 0.05) is 11.0 Å². The van der Waals surface area contributed by atoms with Crippen molar-refractivity contribution in [2.24, 2.45) is 0 Å². The Labute approximate surface area is 183 Å². The number of benzene rings is 1. The first-order valence-electron chi connectivity index (χ1n) is 9.58. The van der Waals surface area contributed by atoms with Crippen molar-refractivity contribution in [2.45, 2.75) is 43.9 Å². The van der Waals surface area contributed by atoms with E-state index in [1.165, 1.54) is 12.1 Å². The predicted octanol–water partition coefficient (Wildman–Crippen LogP) is 3.25. The van der Waals surface area contributed by atoms with Gasteiger partial charge in [0.15, 0.2) is 0 Å². The summed E-state index contributed by atoms with van der Waals surface area (Å²) in [5, 5.41) is 2.50. The number of hydrogen-bond donors (Lipinski definition) is 1. The minimum Gasteiger partial charge on any atom is -0.460 e. The summed E-state index contributed by atoms with van der Waals surface area (Å²) in [6.07, 6.45) is 0.954. The van der Waals surface area contributed by atoms with Gasteiger partial charge in [-0.25, -0.2) is 13.2 Å². The van der Waals surface area contributed by atoms with Gasteiger partial charge < -0.3 is 14.5 Å². The number of carbonyl (C=O) groups is 2. The quantitative estimate of drug-likeness (QED) is 0.587. The average molecular weight is 499 g/mol. The first-order chi connectivity index (χ1) is 14.2.